The summed E-state index contributed by atoms with van der Waals surface area (Å²) in [5.74, 6) is -0.798. The molecule has 18 heavy (non-hydrogen) atoms. The molecule has 2 rings (SSSR count). The molecule has 0 spiro atoms. The van der Waals surface area contributed by atoms with E-state index in [1.165, 1.54) is 12.3 Å². The van der Waals surface area contributed by atoms with E-state index in [0.717, 1.165) is 18.2 Å². The highest BCUT2D eigenvalue weighted by atomic mass is 19.4. The van der Waals surface area contributed by atoms with Gasteiger partial charge in [-0.3, -0.25) is 9.89 Å². The van der Waals surface area contributed by atoms with Crippen molar-refractivity contribution < 1.29 is 18.0 Å². The fourth-order valence-corrected chi connectivity index (χ4v) is 1.56. The minimum Gasteiger partial charge on any atom is -0.366 e. The smallest absolute Gasteiger partial charge is 0.366 e. The zero-order valence-corrected chi connectivity index (χ0v) is 8.95. The van der Waals surface area contributed by atoms with Crippen molar-refractivity contribution in [2.45, 2.75) is 6.18 Å². The number of carbonyl (C=O) groups excluding carboxylic acids is 1. The summed E-state index contributed by atoms with van der Waals surface area (Å²) in [6.45, 7) is 0. The topological polar surface area (TPSA) is 71.8 Å². The lowest BCUT2D eigenvalue weighted by atomic mass is 10.0. The highest BCUT2D eigenvalue weighted by Gasteiger charge is 2.31. The first kappa shape index (κ1) is 12.2. The zero-order chi connectivity index (χ0) is 13.3. The van der Waals surface area contributed by atoms with Gasteiger partial charge in [-0.2, -0.15) is 18.3 Å². The number of alkyl halides is 3. The van der Waals surface area contributed by atoms with Gasteiger partial charge in [-0.05, 0) is 24.3 Å². The number of carbonyl (C=O) groups is 1. The van der Waals surface area contributed by atoms with Crippen molar-refractivity contribution in [3.05, 3.63) is 41.6 Å². The molecule has 0 unspecified atom stereocenters. The summed E-state index contributed by atoms with van der Waals surface area (Å²) in [6, 6.07) is 4.21. The Hall–Kier alpha value is -2.31. The van der Waals surface area contributed by atoms with Crippen LogP contribution in [0.1, 0.15) is 15.9 Å². The van der Waals surface area contributed by atoms with E-state index in [1.807, 2.05) is 0 Å². The van der Waals surface area contributed by atoms with Crippen molar-refractivity contribution >= 4 is 5.91 Å². The number of primary amides is 1. The molecule has 3 N–H and O–H groups in total. The van der Waals surface area contributed by atoms with Crippen LogP contribution in [0.25, 0.3) is 11.3 Å². The molecule has 0 radical (unpaired) electrons. The van der Waals surface area contributed by atoms with Gasteiger partial charge in [0.1, 0.15) is 0 Å². The number of benzene rings is 1. The number of nitrogens with two attached hydrogens (primary N) is 1. The summed E-state index contributed by atoms with van der Waals surface area (Å²) in [5, 5.41) is 6.13. The Morgan fingerprint density at radius 1 is 1.28 bits per heavy atom. The van der Waals surface area contributed by atoms with E-state index < -0.39 is 17.6 Å². The summed E-state index contributed by atoms with van der Waals surface area (Å²) in [6.07, 6.45) is -3.11. The molecule has 0 saturated heterocycles. The predicted octanol–water partition coefficient (Wildman–Crippen LogP) is 2.19. The van der Waals surface area contributed by atoms with Crippen LogP contribution in [0.2, 0.25) is 0 Å². The summed E-state index contributed by atoms with van der Waals surface area (Å²) in [5.41, 5.74) is 4.66. The van der Waals surface area contributed by atoms with E-state index in [2.05, 4.69) is 10.2 Å². The number of nitrogens with zero attached hydrogens (tertiary/aromatic N) is 1. The summed E-state index contributed by atoms with van der Waals surface area (Å²) >= 11 is 0. The van der Waals surface area contributed by atoms with Gasteiger partial charge >= 0.3 is 6.18 Å². The molecule has 0 aliphatic carbocycles. The maximum atomic E-state index is 12.6. The molecular formula is C11H8F3N3O. The van der Waals surface area contributed by atoms with Crippen molar-refractivity contribution in [1.82, 2.24) is 10.2 Å². The highest BCUT2D eigenvalue weighted by Crippen LogP contribution is 2.33. The third-order valence-electron chi connectivity index (χ3n) is 2.40. The normalized spacial score (nSPS) is 11.5. The molecule has 2 aromatic rings. The first-order chi connectivity index (χ1) is 8.39. The van der Waals surface area contributed by atoms with Crippen LogP contribution in [0.15, 0.2) is 30.5 Å². The lowest BCUT2D eigenvalue weighted by Gasteiger charge is -2.10. The Kier molecular flexibility index (Phi) is 2.82. The van der Waals surface area contributed by atoms with Crippen LogP contribution < -0.4 is 5.73 Å². The quantitative estimate of drug-likeness (QED) is 0.863. The number of H-pyrrole nitrogens is 1. The van der Waals surface area contributed by atoms with Crippen LogP contribution in [0, 0.1) is 0 Å². The van der Waals surface area contributed by atoms with Crippen molar-refractivity contribution in [3.8, 4) is 11.3 Å². The second-order valence-electron chi connectivity index (χ2n) is 3.59. The molecule has 0 bridgehead atoms. The van der Waals surface area contributed by atoms with Gasteiger partial charge in [-0.15, -0.1) is 0 Å². The third-order valence-corrected chi connectivity index (χ3v) is 2.40. The van der Waals surface area contributed by atoms with Gasteiger partial charge in [-0.1, -0.05) is 0 Å². The van der Waals surface area contributed by atoms with Gasteiger partial charge in [-0.25, -0.2) is 0 Å². The lowest BCUT2D eigenvalue weighted by Crippen LogP contribution is -2.14. The average Bonchev–Trinajstić information content (AvgIpc) is 2.80. The van der Waals surface area contributed by atoms with E-state index in [0.29, 0.717) is 5.69 Å². The van der Waals surface area contributed by atoms with Crippen LogP contribution >= 0.6 is 0 Å². The van der Waals surface area contributed by atoms with Gasteiger partial charge < -0.3 is 5.73 Å². The molecular weight excluding hydrogens is 247 g/mol. The van der Waals surface area contributed by atoms with Crippen LogP contribution in [-0.2, 0) is 6.18 Å². The van der Waals surface area contributed by atoms with E-state index in [-0.39, 0.29) is 11.1 Å². The van der Waals surface area contributed by atoms with Crippen LogP contribution in [0.4, 0.5) is 13.2 Å². The number of aromatic amines is 1. The van der Waals surface area contributed by atoms with Crippen LogP contribution in [-0.4, -0.2) is 16.1 Å². The predicted molar refractivity (Wildman–Crippen MR) is 57.5 cm³/mol. The minimum absolute atomic E-state index is 0.00671. The molecule has 0 fully saturated rings. The van der Waals surface area contributed by atoms with Gasteiger partial charge in [0.05, 0.1) is 11.3 Å². The second-order valence-corrected chi connectivity index (χ2v) is 3.59. The van der Waals surface area contributed by atoms with Crippen molar-refractivity contribution in [3.63, 3.8) is 0 Å². The van der Waals surface area contributed by atoms with Gasteiger partial charge in [0.25, 0.3) is 0 Å². The molecule has 1 heterocycles. The number of halogens is 3. The number of hydrogen-bond acceptors (Lipinski definition) is 2. The Morgan fingerprint density at radius 2 is 2.00 bits per heavy atom. The van der Waals surface area contributed by atoms with Crippen LogP contribution in [0.3, 0.4) is 0 Å². The van der Waals surface area contributed by atoms with E-state index in [1.54, 1.807) is 0 Å². The van der Waals surface area contributed by atoms with E-state index in [4.69, 9.17) is 5.73 Å². The number of amides is 1. The fourth-order valence-electron chi connectivity index (χ4n) is 1.56. The summed E-state index contributed by atoms with van der Waals surface area (Å²) in [7, 11) is 0. The zero-order valence-electron chi connectivity index (χ0n) is 8.95. The Morgan fingerprint density at radius 3 is 2.50 bits per heavy atom. The number of nitrogens with one attached hydrogen (secondary N) is 1. The Bertz CT molecular complexity index is 576. The number of rotatable bonds is 2. The maximum Gasteiger partial charge on any atom is 0.416 e. The molecule has 0 aliphatic rings. The molecule has 1 aromatic carbocycles. The molecule has 94 valence electrons. The molecule has 1 amide bonds. The van der Waals surface area contributed by atoms with E-state index >= 15 is 0 Å². The molecule has 0 saturated carbocycles. The minimum atomic E-state index is -4.48. The SMILES string of the molecule is NC(=O)c1ccc(C(F)(F)F)cc1-c1ccn[nH]1. The Balaban J connectivity index is 2.63. The lowest BCUT2D eigenvalue weighted by molar-refractivity contribution is -0.137. The first-order valence-corrected chi connectivity index (χ1v) is 4.90. The van der Waals surface area contributed by atoms with Gasteiger partial charge in [0.2, 0.25) is 5.91 Å². The standard InChI is InChI=1S/C11H8F3N3O/c12-11(13,14)6-1-2-7(10(15)18)8(5-6)9-3-4-16-17-9/h1-5H,(H2,15,18)(H,16,17). The van der Waals surface area contributed by atoms with Crippen molar-refractivity contribution in [1.29, 1.82) is 0 Å². The molecule has 0 atom stereocenters. The average molecular weight is 255 g/mol. The largest absolute Gasteiger partial charge is 0.416 e. The summed E-state index contributed by atoms with van der Waals surface area (Å²) < 4.78 is 37.8. The van der Waals surface area contributed by atoms with Crippen molar-refractivity contribution in [2.24, 2.45) is 5.73 Å². The molecule has 1 aromatic heterocycles. The first-order valence-electron chi connectivity index (χ1n) is 4.90. The highest BCUT2D eigenvalue weighted by molar-refractivity contribution is 5.99. The third kappa shape index (κ3) is 2.20. The van der Waals surface area contributed by atoms with Gasteiger partial charge in [0, 0.05) is 17.3 Å². The van der Waals surface area contributed by atoms with Crippen LogP contribution in [0.5, 0.6) is 0 Å². The van der Waals surface area contributed by atoms with Crippen molar-refractivity contribution in [2.75, 3.05) is 0 Å². The monoisotopic (exact) mass is 255 g/mol. The molecule has 0 aliphatic heterocycles. The number of aromatic nitrogens is 2. The number of hydrogen-bond donors (Lipinski definition) is 2. The molecule has 4 nitrogen and oxygen atoms in total. The second kappa shape index (κ2) is 4.17. The maximum absolute atomic E-state index is 12.6. The Labute approximate surface area is 99.6 Å². The van der Waals surface area contributed by atoms with Gasteiger partial charge in [0.15, 0.2) is 0 Å². The summed E-state index contributed by atoms with van der Waals surface area (Å²) in [4.78, 5) is 11.2. The fraction of sp³-hybridized carbons (Fsp3) is 0.0909. The molecule has 7 heteroatoms. The van der Waals surface area contributed by atoms with E-state index in [9.17, 15) is 18.0 Å².